The highest BCUT2D eigenvalue weighted by atomic mass is 15.1. The van der Waals surface area contributed by atoms with E-state index in [4.69, 9.17) is 0 Å². The molecule has 4 heteroatoms. The minimum atomic E-state index is 0.0100. The average molecular weight is 885 g/mol. The first kappa shape index (κ1) is 41.8. The number of hydrogen-bond acceptors (Lipinski definition) is 4. The summed E-state index contributed by atoms with van der Waals surface area (Å²) in [6.45, 7) is 9.24. The molecule has 0 fully saturated rings. The van der Waals surface area contributed by atoms with E-state index in [-0.39, 0.29) is 22.2 Å². The minimum Gasteiger partial charge on any atom is -0.297 e. The van der Waals surface area contributed by atoms with Crippen LogP contribution in [0.25, 0.3) is 0 Å². The van der Waals surface area contributed by atoms with Gasteiger partial charge in [0, 0.05) is 24.2 Å². The molecule has 8 aliphatic rings. The van der Waals surface area contributed by atoms with Crippen molar-refractivity contribution in [2.45, 2.75) is 99.7 Å². The number of hydrogen-bond donors (Lipinski definition) is 4. The van der Waals surface area contributed by atoms with Crippen LogP contribution in [-0.4, -0.2) is 0 Å². The summed E-state index contributed by atoms with van der Waals surface area (Å²) in [5, 5.41) is 15.2. The first-order valence-electron chi connectivity index (χ1n) is 25.0. The van der Waals surface area contributed by atoms with Crippen LogP contribution in [0.15, 0.2) is 194 Å². The summed E-state index contributed by atoms with van der Waals surface area (Å²) in [6.07, 6.45) is 4.46. The summed E-state index contributed by atoms with van der Waals surface area (Å²) in [5.41, 5.74) is 23.5. The minimum absolute atomic E-state index is 0.0100. The molecule has 16 rings (SSSR count). The second-order valence-corrected chi connectivity index (χ2v) is 21.1. The van der Waals surface area contributed by atoms with Crippen LogP contribution in [0.1, 0.15) is 141 Å². The largest absolute Gasteiger partial charge is 0.297 e. The zero-order valence-electron chi connectivity index (χ0n) is 39.6. The summed E-state index contributed by atoms with van der Waals surface area (Å²) < 4.78 is 0. The van der Waals surface area contributed by atoms with E-state index in [9.17, 15) is 0 Å². The van der Waals surface area contributed by atoms with E-state index in [0.717, 1.165) is 25.7 Å². The molecule has 0 amide bonds. The van der Waals surface area contributed by atoms with Crippen molar-refractivity contribution in [3.8, 4) is 0 Å². The number of nitrogens with one attached hydrogen (secondary N) is 4. The fraction of sp³-hybridized carbons (Fsp3) is 0.250. The molecule has 0 radical (unpaired) electrons. The van der Waals surface area contributed by atoms with Crippen molar-refractivity contribution < 1.29 is 0 Å². The topological polar surface area (TPSA) is 48.1 Å². The number of benzene rings is 8. The van der Waals surface area contributed by atoms with Crippen LogP contribution < -0.4 is 21.3 Å². The molecule has 8 aliphatic heterocycles. The molecule has 8 heterocycles. The van der Waals surface area contributed by atoms with Crippen molar-refractivity contribution >= 4 is 0 Å². The highest BCUT2D eigenvalue weighted by Gasteiger charge is 2.48. The van der Waals surface area contributed by atoms with Crippen LogP contribution in [0.2, 0.25) is 0 Å². The lowest BCUT2D eigenvalue weighted by Gasteiger charge is -2.34. The molecule has 0 spiro atoms. The van der Waals surface area contributed by atoms with E-state index < -0.39 is 0 Å². The standard InChI is InChI=1S/4C16H15N/c4*1-16-13-8-4-2-6-11(13)10-15(17-16)12-7-3-5-9-14(12)16/h4*2-9,15,17H,10H2,1H3/t4*15-,16+/m1111/s1. The Labute approximate surface area is 402 Å². The van der Waals surface area contributed by atoms with Gasteiger partial charge in [-0.1, -0.05) is 194 Å². The molecule has 0 saturated heterocycles. The maximum atomic E-state index is 3.79. The van der Waals surface area contributed by atoms with E-state index in [0.29, 0.717) is 24.2 Å². The summed E-state index contributed by atoms with van der Waals surface area (Å²) in [5.74, 6) is 0. The molecule has 0 aromatic heterocycles. The third kappa shape index (κ3) is 6.21. The monoisotopic (exact) mass is 884 g/mol. The van der Waals surface area contributed by atoms with E-state index in [1.807, 2.05) is 0 Å². The second kappa shape index (κ2) is 15.6. The molecular formula is C64H60N4. The molecule has 8 aromatic carbocycles. The van der Waals surface area contributed by atoms with Gasteiger partial charge in [0.1, 0.15) is 0 Å². The summed E-state index contributed by atoms with van der Waals surface area (Å²) in [7, 11) is 0. The van der Waals surface area contributed by atoms with E-state index in [1.54, 1.807) is 0 Å². The van der Waals surface area contributed by atoms with Gasteiger partial charge in [-0.05, 0) is 142 Å². The lowest BCUT2D eigenvalue weighted by molar-refractivity contribution is 0.388. The molecule has 8 bridgehead atoms. The van der Waals surface area contributed by atoms with Gasteiger partial charge in [-0.15, -0.1) is 0 Å². The Morgan fingerprint density at radius 1 is 0.250 bits per heavy atom. The van der Waals surface area contributed by atoms with Gasteiger partial charge >= 0.3 is 0 Å². The van der Waals surface area contributed by atoms with Crippen LogP contribution in [-0.2, 0) is 47.8 Å². The molecule has 4 nitrogen and oxygen atoms in total. The maximum Gasteiger partial charge on any atom is 0.0672 e. The number of rotatable bonds is 0. The zero-order valence-corrected chi connectivity index (χ0v) is 39.6. The highest BCUT2D eigenvalue weighted by Crippen LogP contribution is 2.51. The lowest BCUT2D eigenvalue weighted by atomic mass is 9.82. The van der Waals surface area contributed by atoms with E-state index in [1.165, 1.54) is 89.0 Å². The summed E-state index contributed by atoms with van der Waals surface area (Å²) in [6, 6.07) is 72.6. The Kier molecular flexibility index (Phi) is 9.56. The predicted octanol–water partition coefficient (Wildman–Crippen LogP) is 12.6. The average Bonchev–Trinajstić information content (AvgIpc) is 3.96. The second-order valence-electron chi connectivity index (χ2n) is 21.1. The molecule has 0 saturated carbocycles. The third-order valence-electron chi connectivity index (χ3n) is 17.3. The van der Waals surface area contributed by atoms with Crippen molar-refractivity contribution in [2.24, 2.45) is 0 Å². The first-order chi connectivity index (χ1) is 33.2. The Balaban J connectivity index is 0.0000000896. The Bertz CT molecular complexity index is 2790. The molecule has 8 aromatic rings. The van der Waals surface area contributed by atoms with E-state index >= 15 is 0 Å². The maximum absolute atomic E-state index is 3.79. The molecule has 8 atom stereocenters. The van der Waals surface area contributed by atoms with E-state index in [2.05, 4.69) is 243 Å². The van der Waals surface area contributed by atoms with Crippen molar-refractivity contribution in [3.05, 3.63) is 283 Å². The Hall–Kier alpha value is -6.40. The molecule has 68 heavy (non-hydrogen) atoms. The molecule has 336 valence electrons. The lowest BCUT2D eigenvalue weighted by Crippen LogP contribution is -2.41. The third-order valence-corrected chi connectivity index (χ3v) is 17.3. The summed E-state index contributed by atoms with van der Waals surface area (Å²) in [4.78, 5) is 0. The van der Waals surface area contributed by atoms with Gasteiger partial charge in [0.05, 0.1) is 22.2 Å². The molecule has 0 unspecified atom stereocenters. The smallest absolute Gasteiger partial charge is 0.0672 e. The van der Waals surface area contributed by atoms with Gasteiger partial charge in [-0.25, -0.2) is 0 Å². The number of fused-ring (bicyclic) bond motifs is 28. The zero-order chi connectivity index (χ0) is 45.8. The fourth-order valence-corrected chi connectivity index (χ4v) is 14.2. The molecule has 0 aliphatic carbocycles. The van der Waals surface area contributed by atoms with Crippen LogP contribution in [0.3, 0.4) is 0 Å². The van der Waals surface area contributed by atoms with Crippen molar-refractivity contribution in [1.29, 1.82) is 0 Å². The van der Waals surface area contributed by atoms with Gasteiger partial charge < -0.3 is 0 Å². The first-order valence-corrected chi connectivity index (χ1v) is 25.0. The van der Waals surface area contributed by atoms with Crippen LogP contribution in [0, 0.1) is 0 Å². The van der Waals surface area contributed by atoms with Crippen LogP contribution in [0.4, 0.5) is 0 Å². The van der Waals surface area contributed by atoms with Crippen LogP contribution >= 0.6 is 0 Å². The van der Waals surface area contributed by atoms with Gasteiger partial charge in [0.25, 0.3) is 0 Å². The summed E-state index contributed by atoms with van der Waals surface area (Å²) >= 11 is 0. The van der Waals surface area contributed by atoms with Gasteiger partial charge in [0.2, 0.25) is 0 Å². The Morgan fingerprint density at radius 2 is 0.426 bits per heavy atom. The molecule has 4 N–H and O–H groups in total. The van der Waals surface area contributed by atoms with Gasteiger partial charge in [0.15, 0.2) is 0 Å². The normalized spacial score (nSPS) is 28.6. The van der Waals surface area contributed by atoms with Crippen LogP contribution in [0.5, 0.6) is 0 Å². The fourth-order valence-electron chi connectivity index (χ4n) is 14.2. The Morgan fingerprint density at radius 3 is 0.647 bits per heavy atom. The highest BCUT2D eigenvalue weighted by molar-refractivity contribution is 5.58. The van der Waals surface area contributed by atoms with Crippen molar-refractivity contribution in [3.63, 3.8) is 0 Å². The quantitative estimate of drug-likeness (QED) is 0.123. The molecular weight excluding hydrogens is 825 g/mol. The predicted molar refractivity (Wildman–Crippen MR) is 276 cm³/mol. The van der Waals surface area contributed by atoms with Gasteiger partial charge in [-0.3, -0.25) is 21.3 Å². The van der Waals surface area contributed by atoms with Gasteiger partial charge in [-0.2, -0.15) is 0 Å². The SMILES string of the molecule is C[C@]12N[C@H](Cc3ccccc31)c1ccccc12.C[C@]12N[C@H](Cc3ccccc31)c1ccccc12.C[C@]12N[C@H](Cc3ccccc31)c1ccccc12.C[C@]12N[C@H](Cc3ccccc31)c1ccccc12. The van der Waals surface area contributed by atoms with Crippen molar-refractivity contribution in [2.75, 3.05) is 0 Å². The van der Waals surface area contributed by atoms with Crippen molar-refractivity contribution in [1.82, 2.24) is 21.3 Å².